The molecule has 19 heavy (non-hydrogen) atoms. The predicted molar refractivity (Wildman–Crippen MR) is 82.2 cm³/mol. The molecule has 1 unspecified atom stereocenters. The molecule has 0 heterocycles. The molecule has 0 radical (unpaired) electrons. The third-order valence-electron chi connectivity index (χ3n) is 3.54. The highest BCUT2D eigenvalue weighted by molar-refractivity contribution is 5.71. The Kier molecular flexibility index (Phi) is 12.2. The van der Waals surface area contributed by atoms with Crippen LogP contribution in [0.2, 0.25) is 0 Å². The summed E-state index contributed by atoms with van der Waals surface area (Å²) in [6, 6.07) is 0. The second kappa shape index (κ2) is 12.5. The molecule has 0 aliphatic heterocycles. The first-order valence-electron chi connectivity index (χ1n) is 8.24. The molecule has 1 atom stereocenters. The molecule has 0 aromatic carbocycles. The molecule has 0 aromatic rings. The monoisotopic (exact) mass is 270 g/mol. The standard InChI is InChI=1S/C17H34O2/c1-5-12-16(4)17(18)19-14-11-9-7-6-8-10-13-15(2)3/h15-16H,5-14H2,1-4H3. The van der Waals surface area contributed by atoms with E-state index in [1.165, 1.54) is 38.5 Å². The fourth-order valence-corrected chi connectivity index (χ4v) is 2.23. The Morgan fingerprint density at radius 2 is 1.47 bits per heavy atom. The topological polar surface area (TPSA) is 26.3 Å². The highest BCUT2D eigenvalue weighted by atomic mass is 16.5. The fraction of sp³-hybridized carbons (Fsp3) is 0.941. The smallest absolute Gasteiger partial charge is 0.308 e. The normalized spacial score (nSPS) is 12.7. The van der Waals surface area contributed by atoms with Crippen molar-refractivity contribution in [1.29, 1.82) is 0 Å². The van der Waals surface area contributed by atoms with E-state index in [1.807, 2.05) is 6.92 Å². The number of hydrogen-bond acceptors (Lipinski definition) is 2. The van der Waals surface area contributed by atoms with Crippen molar-refractivity contribution in [3.63, 3.8) is 0 Å². The zero-order valence-corrected chi connectivity index (χ0v) is 13.5. The Balaban J connectivity index is 3.24. The van der Waals surface area contributed by atoms with Gasteiger partial charge in [-0.2, -0.15) is 0 Å². The van der Waals surface area contributed by atoms with Crippen molar-refractivity contribution in [3.05, 3.63) is 0 Å². The second-order valence-corrected chi connectivity index (χ2v) is 6.16. The first kappa shape index (κ1) is 18.5. The van der Waals surface area contributed by atoms with E-state index in [0.29, 0.717) is 6.61 Å². The van der Waals surface area contributed by atoms with E-state index in [9.17, 15) is 4.79 Å². The molecular formula is C17H34O2. The predicted octanol–water partition coefficient (Wildman–Crippen LogP) is 5.35. The SMILES string of the molecule is CCCC(C)C(=O)OCCCCCCCCC(C)C. The van der Waals surface area contributed by atoms with E-state index < -0.39 is 0 Å². The number of rotatable bonds is 12. The van der Waals surface area contributed by atoms with Gasteiger partial charge in [0.05, 0.1) is 12.5 Å². The lowest BCUT2D eigenvalue weighted by molar-refractivity contribution is -0.148. The summed E-state index contributed by atoms with van der Waals surface area (Å²) in [6.45, 7) is 9.24. The Morgan fingerprint density at radius 3 is 2.05 bits per heavy atom. The number of unbranched alkanes of at least 4 members (excludes halogenated alkanes) is 5. The molecule has 0 fully saturated rings. The molecule has 0 spiro atoms. The molecule has 0 saturated heterocycles. The number of hydrogen-bond donors (Lipinski definition) is 0. The molecule has 0 N–H and O–H groups in total. The average Bonchev–Trinajstić information content (AvgIpc) is 2.36. The van der Waals surface area contributed by atoms with E-state index in [4.69, 9.17) is 4.74 Å². The third-order valence-corrected chi connectivity index (χ3v) is 3.54. The Hall–Kier alpha value is -0.530. The van der Waals surface area contributed by atoms with Gasteiger partial charge >= 0.3 is 5.97 Å². The Morgan fingerprint density at radius 1 is 0.895 bits per heavy atom. The lowest BCUT2D eigenvalue weighted by atomic mass is 10.0. The van der Waals surface area contributed by atoms with Gasteiger partial charge in [0.2, 0.25) is 0 Å². The van der Waals surface area contributed by atoms with Crippen LogP contribution in [0.25, 0.3) is 0 Å². The van der Waals surface area contributed by atoms with Crippen LogP contribution in [0.15, 0.2) is 0 Å². The summed E-state index contributed by atoms with van der Waals surface area (Å²) in [7, 11) is 0. The lowest BCUT2D eigenvalue weighted by Gasteiger charge is -2.10. The molecule has 114 valence electrons. The molecule has 2 heteroatoms. The minimum atomic E-state index is -0.0150. The summed E-state index contributed by atoms with van der Waals surface area (Å²) < 4.78 is 5.28. The second-order valence-electron chi connectivity index (χ2n) is 6.16. The van der Waals surface area contributed by atoms with E-state index in [1.54, 1.807) is 0 Å². The molecular weight excluding hydrogens is 236 g/mol. The van der Waals surface area contributed by atoms with Crippen LogP contribution in [-0.2, 0) is 9.53 Å². The minimum Gasteiger partial charge on any atom is -0.465 e. The van der Waals surface area contributed by atoms with Gasteiger partial charge in [-0.3, -0.25) is 4.79 Å². The maximum Gasteiger partial charge on any atom is 0.308 e. The first-order valence-corrected chi connectivity index (χ1v) is 8.24. The zero-order valence-electron chi connectivity index (χ0n) is 13.5. The summed E-state index contributed by atoms with van der Waals surface area (Å²) in [5, 5.41) is 0. The van der Waals surface area contributed by atoms with Gasteiger partial charge in [0.1, 0.15) is 0 Å². The van der Waals surface area contributed by atoms with Gasteiger partial charge in [0.25, 0.3) is 0 Å². The molecule has 0 aliphatic carbocycles. The van der Waals surface area contributed by atoms with Crippen LogP contribution in [-0.4, -0.2) is 12.6 Å². The Labute approximate surface area is 120 Å². The van der Waals surface area contributed by atoms with E-state index in [2.05, 4.69) is 20.8 Å². The third kappa shape index (κ3) is 12.3. The zero-order chi connectivity index (χ0) is 14.5. The highest BCUT2D eigenvalue weighted by Gasteiger charge is 2.12. The van der Waals surface area contributed by atoms with E-state index in [-0.39, 0.29) is 11.9 Å². The van der Waals surface area contributed by atoms with Crippen molar-refractivity contribution in [2.45, 2.75) is 85.5 Å². The fourth-order valence-electron chi connectivity index (χ4n) is 2.23. The number of carbonyl (C=O) groups excluding carboxylic acids is 1. The largest absolute Gasteiger partial charge is 0.465 e. The summed E-state index contributed by atoms with van der Waals surface area (Å²) in [5.74, 6) is 0.893. The van der Waals surface area contributed by atoms with Gasteiger partial charge in [-0.05, 0) is 18.8 Å². The van der Waals surface area contributed by atoms with Crippen molar-refractivity contribution in [2.24, 2.45) is 11.8 Å². The van der Waals surface area contributed by atoms with Crippen LogP contribution in [0.5, 0.6) is 0 Å². The summed E-state index contributed by atoms with van der Waals surface area (Å²) in [6.07, 6.45) is 10.9. The summed E-state index contributed by atoms with van der Waals surface area (Å²) in [4.78, 5) is 11.5. The minimum absolute atomic E-state index is 0.0150. The molecule has 0 aromatic heterocycles. The van der Waals surface area contributed by atoms with E-state index in [0.717, 1.165) is 25.2 Å². The van der Waals surface area contributed by atoms with E-state index >= 15 is 0 Å². The van der Waals surface area contributed by atoms with Crippen molar-refractivity contribution in [3.8, 4) is 0 Å². The maximum atomic E-state index is 11.5. The quantitative estimate of drug-likeness (QED) is 0.353. The van der Waals surface area contributed by atoms with Crippen molar-refractivity contribution < 1.29 is 9.53 Å². The van der Waals surface area contributed by atoms with Crippen molar-refractivity contribution in [1.82, 2.24) is 0 Å². The van der Waals surface area contributed by atoms with Crippen LogP contribution >= 0.6 is 0 Å². The van der Waals surface area contributed by atoms with Crippen LogP contribution in [0, 0.1) is 11.8 Å². The van der Waals surface area contributed by atoms with Crippen LogP contribution in [0.1, 0.15) is 85.5 Å². The van der Waals surface area contributed by atoms with Crippen LogP contribution < -0.4 is 0 Å². The number of carbonyl (C=O) groups is 1. The van der Waals surface area contributed by atoms with Gasteiger partial charge in [0.15, 0.2) is 0 Å². The molecule has 0 saturated carbocycles. The van der Waals surface area contributed by atoms with Crippen molar-refractivity contribution >= 4 is 5.97 Å². The average molecular weight is 270 g/mol. The molecule has 0 rings (SSSR count). The molecule has 0 amide bonds. The van der Waals surface area contributed by atoms with Crippen molar-refractivity contribution in [2.75, 3.05) is 6.61 Å². The number of ether oxygens (including phenoxy) is 1. The van der Waals surface area contributed by atoms with Crippen LogP contribution in [0.4, 0.5) is 0 Å². The number of esters is 1. The van der Waals surface area contributed by atoms with Gasteiger partial charge in [-0.1, -0.05) is 72.6 Å². The summed E-state index contributed by atoms with van der Waals surface area (Å²) in [5.41, 5.74) is 0. The van der Waals surface area contributed by atoms with Gasteiger partial charge in [0, 0.05) is 0 Å². The first-order chi connectivity index (χ1) is 9.07. The summed E-state index contributed by atoms with van der Waals surface area (Å²) >= 11 is 0. The molecule has 0 aliphatic rings. The lowest BCUT2D eigenvalue weighted by Crippen LogP contribution is -2.15. The highest BCUT2D eigenvalue weighted by Crippen LogP contribution is 2.12. The molecule has 2 nitrogen and oxygen atoms in total. The van der Waals surface area contributed by atoms with Crippen LogP contribution in [0.3, 0.4) is 0 Å². The van der Waals surface area contributed by atoms with Gasteiger partial charge in [-0.15, -0.1) is 0 Å². The van der Waals surface area contributed by atoms with Gasteiger partial charge < -0.3 is 4.74 Å². The van der Waals surface area contributed by atoms with Gasteiger partial charge in [-0.25, -0.2) is 0 Å². The maximum absolute atomic E-state index is 11.5. The Bertz CT molecular complexity index is 211. The molecule has 0 bridgehead atoms.